The van der Waals surface area contributed by atoms with E-state index in [1.807, 2.05) is 30.6 Å². The van der Waals surface area contributed by atoms with Crippen LogP contribution in [0.25, 0.3) is 0 Å². The molecule has 0 amide bonds. The third kappa shape index (κ3) is 1.50. The van der Waals surface area contributed by atoms with E-state index in [2.05, 4.69) is 22.0 Å². The predicted molar refractivity (Wildman–Crippen MR) is 65.0 cm³/mol. The largest absolute Gasteiger partial charge is 0.399 e. The summed E-state index contributed by atoms with van der Waals surface area (Å²) in [5.41, 5.74) is 10.5. The molecule has 0 saturated heterocycles. The Morgan fingerprint density at radius 3 is 2.56 bits per heavy atom. The third-order valence-corrected chi connectivity index (χ3v) is 2.98. The normalized spacial score (nSPS) is 13.9. The average Bonchev–Trinajstić information content (AvgIpc) is 2.73. The van der Waals surface area contributed by atoms with Crippen LogP contribution in [0.3, 0.4) is 0 Å². The van der Waals surface area contributed by atoms with Crippen LogP contribution in [0.1, 0.15) is 11.1 Å². The van der Waals surface area contributed by atoms with Gasteiger partial charge in [-0.2, -0.15) is 0 Å². The molecule has 80 valence electrons. The van der Waals surface area contributed by atoms with E-state index in [1.165, 1.54) is 16.8 Å². The average molecular weight is 211 g/mol. The summed E-state index contributed by atoms with van der Waals surface area (Å²) in [7, 11) is 0. The fourth-order valence-electron chi connectivity index (χ4n) is 2.15. The number of pyridine rings is 1. The van der Waals surface area contributed by atoms with Gasteiger partial charge >= 0.3 is 0 Å². The zero-order chi connectivity index (χ0) is 11.0. The maximum absolute atomic E-state index is 5.79. The lowest BCUT2D eigenvalue weighted by Gasteiger charge is -2.16. The minimum absolute atomic E-state index is 0.843. The number of anilines is 2. The van der Waals surface area contributed by atoms with Gasteiger partial charge < -0.3 is 10.6 Å². The van der Waals surface area contributed by atoms with E-state index in [1.54, 1.807) is 0 Å². The standard InChI is InChI=1S/C13H13N3/c14-12-2-1-10-8-16(9-11(10)7-12)13-3-5-15-6-4-13/h1-7H,8-9,14H2. The van der Waals surface area contributed by atoms with Crippen LogP contribution in [-0.2, 0) is 13.1 Å². The molecule has 2 heterocycles. The molecule has 0 bridgehead atoms. The number of fused-ring (bicyclic) bond motifs is 1. The number of hydrogen-bond acceptors (Lipinski definition) is 3. The van der Waals surface area contributed by atoms with Crippen molar-refractivity contribution in [3.63, 3.8) is 0 Å². The van der Waals surface area contributed by atoms with Crippen molar-refractivity contribution in [3.05, 3.63) is 53.9 Å². The lowest BCUT2D eigenvalue weighted by molar-refractivity contribution is 0.878. The molecule has 1 aromatic heterocycles. The van der Waals surface area contributed by atoms with Gasteiger partial charge in [-0.3, -0.25) is 4.98 Å². The van der Waals surface area contributed by atoms with Crippen molar-refractivity contribution in [1.82, 2.24) is 4.98 Å². The minimum Gasteiger partial charge on any atom is -0.399 e. The Labute approximate surface area is 94.5 Å². The van der Waals surface area contributed by atoms with Crippen LogP contribution in [-0.4, -0.2) is 4.98 Å². The highest BCUT2D eigenvalue weighted by Crippen LogP contribution is 2.28. The Hall–Kier alpha value is -2.03. The first kappa shape index (κ1) is 9.21. The van der Waals surface area contributed by atoms with Crippen molar-refractivity contribution >= 4 is 11.4 Å². The molecule has 0 saturated carbocycles. The summed E-state index contributed by atoms with van der Waals surface area (Å²) >= 11 is 0. The van der Waals surface area contributed by atoms with Gasteiger partial charge in [0.05, 0.1) is 0 Å². The Morgan fingerprint density at radius 1 is 1.00 bits per heavy atom. The van der Waals surface area contributed by atoms with Crippen molar-refractivity contribution in [2.24, 2.45) is 0 Å². The van der Waals surface area contributed by atoms with Crippen LogP contribution in [0.5, 0.6) is 0 Å². The monoisotopic (exact) mass is 211 g/mol. The molecule has 1 aromatic carbocycles. The van der Waals surface area contributed by atoms with Crippen molar-refractivity contribution in [2.45, 2.75) is 13.1 Å². The summed E-state index contributed by atoms with van der Waals surface area (Å²) < 4.78 is 0. The van der Waals surface area contributed by atoms with Gasteiger partial charge in [0.25, 0.3) is 0 Å². The summed E-state index contributed by atoms with van der Waals surface area (Å²) in [4.78, 5) is 6.36. The van der Waals surface area contributed by atoms with E-state index in [0.717, 1.165) is 18.8 Å². The molecule has 0 radical (unpaired) electrons. The second-order valence-electron chi connectivity index (χ2n) is 4.09. The fourth-order valence-corrected chi connectivity index (χ4v) is 2.15. The first-order chi connectivity index (χ1) is 7.83. The summed E-state index contributed by atoms with van der Waals surface area (Å²) in [5.74, 6) is 0. The molecule has 1 aliphatic rings. The van der Waals surface area contributed by atoms with E-state index in [9.17, 15) is 0 Å². The number of nitrogens with zero attached hydrogens (tertiary/aromatic N) is 2. The van der Waals surface area contributed by atoms with E-state index in [4.69, 9.17) is 5.73 Å². The molecular formula is C13H13N3. The number of nitrogens with two attached hydrogens (primary N) is 1. The number of benzene rings is 1. The van der Waals surface area contributed by atoms with Gasteiger partial charge in [0.1, 0.15) is 0 Å². The molecule has 0 aliphatic carbocycles. The predicted octanol–water partition coefficient (Wildman–Crippen LogP) is 2.18. The van der Waals surface area contributed by atoms with Gasteiger partial charge in [-0.15, -0.1) is 0 Å². The summed E-state index contributed by atoms with van der Waals surface area (Å²) in [6.45, 7) is 1.89. The molecule has 2 aromatic rings. The molecule has 3 nitrogen and oxygen atoms in total. The molecule has 0 fully saturated rings. The number of hydrogen-bond donors (Lipinski definition) is 1. The van der Waals surface area contributed by atoms with E-state index < -0.39 is 0 Å². The van der Waals surface area contributed by atoms with E-state index >= 15 is 0 Å². The van der Waals surface area contributed by atoms with Crippen LogP contribution in [0.2, 0.25) is 0 Å². The van der Waals surface area contributed by atoms with Crippen LogP contribution < -0.4 is 10.6 Å². The fraction of sp³-hybridized carbons (Fsp3) is 0.154. The maximum Gasteiger partial charge on any atom is 0.0437 e. The van der Waals surface area contributed by atoms with Gasteiger partial charge in [0, 0.05) is 36.9 Å². The third-order valence-electron chi connectivity index (χ3n) is 2.98. The van der Waals surface area contributed by atoms with Crippen LogP contribution >= 0.6 is 0 Å². The Morgan fingerprint density at radius 2 is 1.75 bits per heavy atom. The number of rotatable bonds is 1. The number of nitrogen functional groups attached to an aromatic ring is 1. The summed E-state index contributed by atoms with van der Waals surface area (Å²) in [6.07, 6.45) is 3.65. The topological polar surface area (TPSA) is 42.1 Å². The Balaban J connectivity index is 1.91. The highest BCUT2D eigenvalue weighted by atomic mass is 15.1. The van der Waals surface area contributed by atoms with Crippen LogP contribution in [0.4, 0.5) is 11.4 Å². The summed E-state index contributed by atoms with van der Waals surface area (Å²) in [5, 5.41) is 0. The molecule has 0 spiro atoms. The second kappa shape index (κ2) is 3.52. The number of aromatic nitrogens is 1. The highest BCUT2D eigenvalue weighted by molar-refractivity contribution is 5.54. The van der Waals surface area contributed by atoms with Gasteiger partial charge in [0.2, 0.25) is 0 Å². The Kier molecular flexibility index (Phi) is 2.03. The zero-order valence-electron chi connectivity index (χ0n) is 8.93. The van der Waals surface area contributed by atoms with Gasteiger partial charge in [0.15, 0.2) is 0 Å². The minimum atomic E-state index is 0.843. The highest BCUT2D eigenvalue weighted by Gasteiger charge is 2.18. The molecular weight excluding hydrogens is 198 g/mol. The lowest BCUT2D eigenvalue weighted by Crippen LogP contribution is -2.14. The smallest absolute Gasteiger partial charge is 0.0437 e. The van der Waals surface area contributed by atoms with Gasteiger partial charge in [-0.1, -0.05) is 6.07 Å². The molecule has 16 heavy (non-hydrogen) atoms. The van der Waals surface area contributed by atoms with Crippen molar-refractivity contribution in [3.8, 4) is 0 Å². The quantitative estimate of drug-likeness (QED) is 0.735. The van der Waals surface area contributed by atoms with Crippen LogP contribution in [0.15, 0.2) is 42.7 Å². The van der Waals surface area contributed by atoms with Crippen molar-refractivity contribution < 1.29 is 0 Å². The molecule has 0 atom stereocenters. The van der Waals surface area contributed by atoms with E-state index in [0.29, 0.717) is 0 Å². The van der Waals surface area contributed by atoms with Gasteiger partial charge in [-0.05, 0) is 35.4 Å². The lowest BCUT2D eigenvalue weighted by atomic mass is 10.1. The molecule has 3 heteroatoms. The SMILES string of the molecule is Nc1ccc2c(c1)CN(c1ccncc1)C2. The maximum atomic E-state index is 5.79. The van der Waals surface area contributed by atoms with Crippen molar-refractivity contribution in [2.75, 3.05) is 10.6 Å². The first-order valence-corrected chi connectivity index (χ1v) is 5.35. The zero-order valence-corrected chi connectivity index (χ0v) is 8.93. The van der Waals surface area contributed by atoms with Crippen LogP contribution in [0, 0.1) is 0 Å². The first-order valence-electron chi connectivity index (χ1n) is 5.35. The summed E-state index contributed by atoms with van der Waals surface area (Å²) in [6, 6.07) is 10.2. The van der Waals surface area contributed by atoms with Gasteiger partial charge in [-0.25, -0.2) is 0 Å². The molecule has 3 rings (SSSR count). The second-order valence-corrected chi connectivity index (χ2v) is 4.09. The van der Waals surface area contributed by atoms with Crippen molar-refractivity contribution in [1.29, 1.82) is 0 Å². The van der Waals surface area contributed by atoms with E-state index in [-0.39, 0.29) is 0 Å². The molecule has 0 unspecified atom stereocenters. The Bertz CT molecular complexity index is 508. The molecule has 2 N–H and O–H groups in total. The molecule has 1 aliphatic heterocycles.